The highest BCUT2D eigenvalue weighted by Gasteiger charge is 2.15. The van der Waals surface area contributed by atoms with Gasteiger partial charge in [-0.15, -0.1) is 10.2 Å². The Morgan fingerprint density at radius 1 is 1.35 bits per heavy atom. The Bertz CT molecular complexity index is 618. The van der Waals surface area contributed by atoms with Gasteiger partial charge in [-0.2, -0.15) is 0 Å². The van der Waals surface area contributed by atoms with Gasteiger partial charge in [0.05, 0.1) is 5.75 Å². The molecule has 2 aromatic rings. The third-order valence-electron chi connectivity index (χ3n) is 3.14. The summed E-state index contributed by atoms with van der Waals surface area (Å²) in [5, 5.41) is 11.9. The number of hydrogen-bond donors (Lipinski definition) is 1. The van der Waals surface area contributed by atoms with Crippen molar-refractivity contribution >= 4 is 17.7 Å². The maximum atomic E-state index is 11.5. The molecule has 0 aliphatic carbocycles. The summed E-state index contributed by atoms with van der Waals surface area (Å²) < 4.78 is 7.43. The van der Waals surface area contributed by atoms with E-state index in [4.69, 9.17) is 4.74 Å². The van der Waals surface area contributed by atoms with Crippen molar-refractivity contribution in [3.05, 3.63) is 24.5 Å². The lowest BCUT2D eigenvalue weighted by Gasteiger charge is -2.10. The molecule has 0 saturated carbocycles. The Morgan fingerprint density at radius 2 is 2.13 bits per heavy atom. The standard InChI is InChI=1S/C15H21N5O2S/c1-3-22-10-4-9-20-14(12-5-7-17-8-6-12)18-19-15(20)23-11-13(21)16-2/h5-8H,3-4,9-11H2,1-2H3,(H,16,21). The zero-order valence-corrected chi connectivity index (χ0v) is 14.2. The maximum absolute atomic E-state index is 11.5. The highest BCUT2D eigenvalue weighted by atomic mass is 32.2. The van der Waals surface area contributed by atoms with Gasteiger partial charge in [0.1, 0.15) is 0 Å². The van der Waals surface area contributed by atoms with E-state index in [-0.39, 0.29) is 5.91 Å². The summed E-state index contributed by atoms with van der Waals surface area (Å²) >= 11 is 1.38. The fourth-order valence-corrected chi connectivity index (χ4v) is 2.82. The Kier molecular flexibility index (Phi) is 7.02. The molecule has 0 saturated heterocycles. The number of pyridine rings is 1. The van der Waals surface area contributed by atoms with Gasteiger partial charge < -0.3 is 14.6 Å². The van der Waals surface area contributed by atoms with E-state index in [1.54, 1.807) is 19.4 Å². The van der Waals surface area contributed by atoms with E-state index >= 15 is 0 Å². The number of thioether (sulfide) groups is 1. The number of ether oxygens (including phenoxy) is 1. The molecule has 2 rings (SSSR count). The largest absolute Gasteiger partial charge is 0.382 e. The lowest BCUT2D eigenvalue weighted by Crippen LogP contribution is -2.20. The first-order chi connectivity index (χ1) is 11.3. The number of aromatic nitrogens is 4. The third kappa shape index (κ3) is 5.04. The summed E-state index contributed by atoms with van der Waals surface area (Å²) in [4.78, 5) is 15.5. The first-order valence-corrected chi connectivity index (χ1v) is 8.49. The number of hydrogen-bond acceptors (Lipinski definition) is 6. The summed E-state index contributed by atoms with van der Waals surface area (Å²) in [6.07, 6.45) is 4.31. The van der Waals surface area contributed by atoms with Crippen molar-refractivity contribution in [2.24, 2.45) is 0 Å². The minimum Gasteiger partial charge on any atom is -0.382 e. The van der Waals surface area contributed by atoms with Gasteiger partial charge in [-0.3, -0.25) is 9.78 Å². The van der Waals surface area contributed by atoms with Gasteiger partial charge in [-0.05, 0) is 25.5 Å². The highest BCUT2D eigenvalue weighted by Crippen LogP contribution is 2.23. The average molecular weight is 335 g/mol. The molecule has 1 N–H and O–H groups in total. The lowest BCUT2D eigenvalue weighted by atomic mass is 10.2. The normalized spacial score (nSPS) is 10.7. The lowest BCUT2D eigenvalue weighted by molar-refractivity contribution is -0.118. The van der Waals surface area contributed by atoms with Gasteiger partial charge in [-0.25, -0.2) is 0 Å². The Balaban J connectivity index is 2.17. The van der Waals surface area contributed by atoms with Crippen LogP contribution in [0.5, 0.6) is 0 Å². The Hall–Kier alpha value is -1.93. The van der Waals surface area contributed by atoms with Crippen LogP contribution in [0.15, 0.2) is 29.7 Å². The fourth-order valence-electron chi connectivity index (χ4n) is 1.98. The molecule has 0 unspecified atom stereocenters. The van der Waals surface area contributed by atoms with Gasteiger partial charge >= 0.3 is 0 Å². The van der Waals surface area contributed by atoms with Crippen LogP contribution in [0.4, 0.5) is 0 Å². The molecule has 8 heteroatoms. The molecule has 0 radical (unpaired) electrons. The zero-order valence-electron chi connectivity index (χ0n) is 13.4. The summed E-state index contributed by atoms with van der Waals surface area (Å²) in [5.41, 5.74) is 0.954. The third-order valence-corrected chi connectivity index (χ3v) is 4.11. The number of nitrogens with zero attached hydrogens (tertiary/aromatic N) is 4. The SMILES string of the molecule is CCOCCCn1c(SCC(=O)NC)nnc1-c1ccncc1. The van der Waals surface area contributed by atoms with Crippen molar-refractivity contribution in [1.82, 2.24) is 25.1 Å². The van der Waals surface area contributed by atoms with Crippen LogP contribution in [0, 0.1) is 0 Å². The monoisotopic (exact) mass is 335 g/mol. The van der Waals surface area contributed by atoms with Gasteiger partial charge in [0.15, 0.2) is 11.0 Å². The predicted octanol–water partition coefficient (Wildman–Crippen LogP) is 1.60. The quantitative estimate of drug-likeness (QED) is 0.554. The van der Waals surface area contributed by atoms with Crippen molar-refractivity contribution in [2.75, 3.05) is 26.0 Å². The van der Waals surface area contributed by atoms with E-state index in [9.17, 15) is 4.79 Å². The Labute approximate surface area is 139 Å². The molecule has 0 aliphatic heterocycles. The summed E-state index contributed by atoms with van der Waals surface area (Å²) in [5.74, 6) is 1.06. The van der Waals surface area contributed by atoms with Gasteiger partial charge in [0.25, 0.3) is 0 Å². The highest BCUT2D eigenvalue weighted by molar-refractivity contribution is 7.99. The molecule has 7 nitrogen and oxygen atoms in total. The first-order valence-electron chi connectivity index (χ1n) is 7.51. The number of rotatable bonds is 9. The maximum Gasteiger partial charge on any atom is 0.230 e. The van der Waals surface area contributed by atoms with Gasteiger partial charge in [-0.1, -0.05) is 11.8 Å². The van der Waals surface area contributed by atoms with E-state index in [0.717, 1.165) is 29.5 Å². The fraction of sp³-hybridized carbons (Fsp3) is 0.467. The molecule has 0 spiro atoms. The molecule has 0 atom stereocenters. The van der Waals surface area contributed by atoms with E-state index in [2.05, 4.69) is 20.5 Å². The predicted molar refractivity (Wildman–Crippen MR) is 89.2 cm³/mol. The number of amides is 1. The summed E-state index contributed by atoms with van der Waals surface area (Å²) in [6, 6.07) is 3.80. The minimum absolute atomic E-state index is 0.0377. The number of carbonyl (C=O) groups is 1. The molecule has 0 fully saturated rings. The van der Waals surface area contributed by atoms with Gasteiger partial charge in [0, 0.05) is 44.8 Å². The first kappa shape index (κ1) is 17.4. The summed E-state index contributed by atoms with van der Waals surface area (Å²) in [7, 11) is 1.62. The van der Waals surface area contributed by atoms with Crippen LogP contribution in [0.3, 0.4) is 0 Å². The van der Waals surface area contributed by atoms with E-state index in [1.165, 1.54) is 11.8 Å². The van der Waals surface area contributed by atoms with Gasteiger partial charge in [0.2, 0.25) is 5.91 Å². The molecule has 124 valence electrons. The topological polar surface area (TPSA) is 81.9 Å². The zero-order chi connectivity index (χ0) is 16.5. The van der Waals surface area contributed by atoms with Crippen LogP contribution in [0.2, 0.25) is 0 Å². The van der Waals surface area contributed by atoms with E-state index < -0.39 is 0 Å². The van der Waals surface area contributed by atoms with Crippen LogP contribution in [-0.2, 0) is 16.1 Å². The van der Waals surface area contributed by atoms with Crippen molar-refractivity contribution in [3.8, 4) is 11.4 Å². The molecule has 0 aromatic carbocycles. The van der Waals surface area contributed by atoms with Crippen molar-refractivity contribution in [2.45, 2.75) is 25.0 Å². The molecule has 2 aromatic heterocycles. The van der Waals surface area contributed by atoms with Crippen LogP contribution < -0.4 is 5.32 Å². The van der Waals surface area contributed by atoms with Crippen molar-refractivity contribution in [1.29, 1.82) is 0 Å². The average Bonchev–Trinajstić information content (AvgIpc) is 3.00. The molecule has 1 amide bonds. The molecule has 2 heterocycles. The van der Waals surface area contributed by atoms with Crippen LogP contribution >= 0.6 is 11.8 Å². The smallest absolute Gasteiger partial charge is 0.230 e. The second kappa shape index (κ2) is 9.26. The molecular formula is C15H21N5O2S. The van der Waals surface area contributed by atoms with Crippen molar-refractivity contribution < 1.29 is 9.53 Å². The van der Waals surface area contributed by atoms with Crippen LogP contribution in [0.25, 0.3) is 11.4 Å². The molecule has 0 aliphatic rings. The Morgan fingerprint density at radius 3 is 2.83 bits per heavy atom. The number of carbonyl (C=O) groups excluding carboxylic acids is 1. The minimum atomic E-state index is -0.0377. The molecule has 0 bridgehead atoms. The van der Waals surface area contributed by atoms with Crippen molar-refractivity contribution in [3.63, 3.8) is 0 Å². The molecular weight excluding hydrogens is 314 g/mol. The van der Waals surface area contributed by atoms with E-state index in [1.807, 2.05) is 23.6 Å². The van der Waals surface area contributed by atoms with Crippen LogP contribution in [-0.4, -0.2) is 51.7 Å². The van der Waals surface area contributed by atoms with E-state index in [0.29, 0.717) is 19.0 Å². The summed E-state index contributed by atoms with van der Waals surface area (Å²) in [6.45, 7) is 4.11. The second-order valence-electron chi connectivity index (χ2n) is 4.71. The second-order valence-corrected chi connectivity index (χ2v) is 5.65. The molecule has 23 heavy (non-hydrogen) atoms. The number of nitrogens with one attached hydrogen (secondary N) is 1. The van der Waals surface area contributed by atoms with Crippen LogP contribution in [0.1, 0.15) is 13.3 Å².